The SMILES string of the molecule is C[C@H]1COCCN1c1cc(C2(S(=O)(=O)c3ccc(F)cc3)CC2)nc(-c2ccc(NC(=O)NCCN(C)C)cc2)n1. The van der Waals surface area contributed by atoms with E-state index in [0.717, 1.165) is 18.7 Å². The molecule has 1 aromatic heterocycles. The number of aromatic nitrogens is 2. The Bertz CT molecular complexity index is 1490. The van der Waals surface area contributed by atoms with Crippen molar-refractivity contribution in [1.29, 1.82) is 0 Å². The molecule has 10 nitrogen and oxygen atoms in total. The van der Waals surface area contributed by atoms with Crippen LogP contribution in [0.3, 0.4) is 0 Å². The number of nitrogens with zero attached hydrogens (tertiary/aromatic N) is 4. The summed E-state index contributed by atoms with van der Waals surface area (Å²) in [5.74, 6) is 0.522. The molecule has 0 unspecified atom stereocenters. The number of rotatable bonds is 9. The molecule has 12 heteroatoms. The number of urea groups is 1. The number of ether oxygens (including phenoxy) is 1. The number of hydrogen-bond acceptors (Lipinski definition) is 8. The van der Waals surface area contributed by atoms with E-state index in [1.54, 1.807) is 30.3 Å². The Hall–Kier alpha value is -3.61. The summed E-state index contributed by atoms with van der Waals surface area (Å²) in [6.45, 7) is 4.96. The molecule has 0 spiro atoms. The third kappa shape index (κ3) is 6.19. The summed E-state index contributed by atoms with van der Waals surface area (Å²) in [6, 6.07) is 13.6. The van der Waals surface area contributed by atoms with Crippen molar-refractivity contribution in [2.75, 3.05) is 57.2 Å². The Morgan fingerprint density at radius 3 is 2.46 bits per heavy atom. The highest BCUT2D eigenvalue weighted by molar-refractivity contribution is 7.92. The molecule has 1 saturated carbocycles. The number of morpholine rings is 1. The lowest BCUT2D eigenvalue weighted by Gasteiger charge is -2.34. The largest absolute Gasteiger partial charge is 0.377 e. The molecule has 1 atom stereocenters. The van der Waals surface area contributed by atoms with Crippen LogP contribution in [0.1, 0.15) is 25.5 Å². The summed E-state index contributed by atoms with van der Waals surface area (Å²) < 4.78 is 45.6. The highest BCUT2D eigenvalue weighted by Crippen LogP contribution is 2.55. The maximum absolute atomic E-state index is 13.8. The lowest BCUT2D eigenvalue weighted by Crippen LogP contribution is -2.44. The standard InChI is InChI=1S/C29H35FN6O4S/c1-20-19-40-17-16-36(20)26-18-25(29(12-13-29)41(38,39)24-10-6-22(30)7-11-24)33-27(34-26)21-4-8-23(9-5-21)32-28(37)31-14-15-35(2)3/h4-11,18,20H,12-17,19H2,1-3H3,(H2,31,32,37)/t20-/m0/s1. The molecular weight excluding hydrogens is 547 g/mol. The molecule has 1 aliphatic carbocycles. The zero-order chi connectivity index (χ0) is 29.2. The number of sulfone groups is 1. The van der Waals surface area contributed by atoms with Crippen LogP contribution in [0.15, 0.2) is 59.5 Å². The van der Waals surface area contributed by atoms with E-state index in [4.69, 9.17) is 14.7 Å². The van der Waals surface area contributed by atoms with Gasteiger partial charge in [0.25, 0.3) is 0 Å². The van der Waals surface area contributed by atoms with Gasteiger partial charge in [-0.3, -0.25) is 0 Å². The molecule has 2 aliphatic rings. The molecular formula is C29H35FN6O4S. The molecule has 2 aromatic carbocycles. The van der Waals surface area contributed by atoms with E-state index < -0.39 is 20.4 Å². The number of carbonyl (C=O) groups is 1. The molecule has 2 N–H and O–H groups in total. The molecule has 41 heavy (non-hydrogen) atoms. The normalized spacial score (nSPS) is 18.3. The number of nitrogens with one attached hydrogen (secondary N) is 2. The van der Waals surface area contributed by atoms with Gasteiger partial charge in [0.15, 0.2) is 15.7 Å². The fourth-order valence-corrected chi connectivity index (χ4v) is 6.86. The lowest BCUT2D eigenvalue weighted by molar-refractivity contribution is 0.0985. The van der Waals surface area contributed by atoms with Crippen LogP contribution in [-0.4, -0.2) is 82.3 Å². The topological polar surface area (TPSA) is 117 Å². The van der Waals surface area contributed by atoms with Gasteiger partial charge in [-0.1, -0.05) is 0 Å². The Morgan fingerprint density at radius 1 is 1.12 bits per heavy atom. The first-order chi connectivity index (χ1) is 19.6. The summed E-state index contributed by atoms with van der Waals surface area (Å²) in [5.41, 5.74) is 1.71. The third-order valence-corrected chi connectivity index (χ3v) is 9.97. The molecule has 5 rings (SSSR count). The number of anilines is 2. The summed E-state index contributed by atoms with van der Waals surface area (Å²) >= 11 is 0. The second-order valence-corrected chi connectivity index (χ2v) is 13.0. The van der Waals surface area contributed by atoms with Gasteiger partial charge in [0, 0.05) is 37.0 Å². The van der Waals surface area contributed by atoms with Crippen molar-refractivity contribution >= 4 is 27.4 Å². The highest BCUT2D eigenvalue weighted by Gasteiger charge is 2.58. The number of likely N-dealkylation sites (N-methyl/N-ethyl adjacent to an activating group) is 1. The van der Waals surface area contributed by atoms with Crippen molar-refractivity contribution in [3.8, 4) is 11.4 Å². The minimum Gasteiger partial charge on any atom is -0.377 e. The fourth-order valence-electron chi connectivity index (χ4n) is 4.90. The van der Waals surface area contributed by atoms with Crippen LogP contribution in [0.4, 0.5) is 20.7 Å². The molecule has 3 aromatic rings. The monoisotopic (exact) mass is 582 g/mol. The highest BCUT2D eigenvalue weighted by atomic mass is 32.2. The predicted octanol–water partition coefficient (Wildman–Crippen LogP) is 3.65. The number of carbonyl (C=O) groups excluding carboxylic acids is 1. The van der Waals surface area contributed by atoms with Crippen LogP contribution in [0.25, 0.3) is 11.4 Å². The van der Waals surface area contributed by atoms with Gasteiger partial charge in [0.1, 0.15) is 16.4 Å². The lowest BCUT2D eigenvalue weighted by atomic mass is 10.1. The van der Waals surface area contributed by atoms with Gasteiger partial charge in [0.05, 0.1) is 29.8 Å². The fraction of sp³-hybridized carbons (Fsp3) is 0.414. The molecule has 1 aliphatic heterocycles. The van der Waals surface area contributed by atoms with Crippen LogP contribution in [0, 0.1) is 5.82 Å². The second kappa shape index (κ2) is 11.7. The van der Waals surface area contributed by atoms with Crippen molar-refractivity contribution < 1.29 is 22.3 Å². The van der Waals surface area contributed by atoms with E-state index in [2.05, 4.69) is 15.5 Å². The molecule has 2 heterocycles. The molecule has 218 valence electrons. The summed E-state index contributed by atoms with van der Waals surface area (Å²) in [5, 5.41) is 5.62. The van der Waals surface area contributed by atoms with Crippen molar-refractivity contribution in [3.05, 3.63) is 66.1 Å². The van der Waals surface area contributed by atoms with E-state index in [0.29, 0.717) is 67.7 Å². The average Bonchev–Trinajstić information content (AvgIpc) is 3.77. The zero-order valence-corrected chi connectivity index (χ0v) is 24.2. The molecule has 1 saturated heterocycles. The number of halogens is 1. The molecule has 2 fully saturated rings. The maximum atomic E-state index is 13.8. The first kappa shape index (κ1) is 28.9. The Morgan fingerprint density at radius 2 is 1.83 bits per heavy atom. The first-order valence-electron chi connectivity index (χ1n) is 13.6. The van der Waals surface area contributed by atoms with Gasteiger partial charge >= 0.3 is 6.03 Å². The summed E-state index contributed by atoms with van der Waals surface area (Å²) in [4.78, 5) is 26.0. The number of hydrogen-bond donors (Lipinski definition) is 2. The van der Waals surface area contributed by atoms with E-state index in [1.165, 1.54) is 12.1 Å². The minimum absolute atomic E-state index is 0.0424. The van der Waals surface area contributed by atoms with Crippen LogP contribution < -0.4 is 15.5 Å². The smallest absolute Gasteiger partial charge is 0.319 e. The quantitative estimate of drug-likeness (QED) is 0.368. The number of benzene rings is 2. The summed E-state index contributed by atoms with van der Waals surface area (Å²) in [6.07, 6.45) is 0.820. The van der Waals surface area contributed by atoms with Crippen LogP contribution >= 0.6 is 0 Å². The Kier molecular flexibility index (Phi) is 8.25. The van der Waals surface area contributed by atoms with Gasteiger partial charge in [0.2, 0.25) is 0 Å². The maximum Gasteiger partial charge on any atom is 0.319 e. The third-order valence-electron chi connectivity index (χ3n) is 7.43. The predicted molar refractivity (Wildman–Crippen MR) is 155 cm³/mol. The van der Waals surface area contributed by atoms with Crippen LogP contribution in [-0.2, 0) is 19.3 Å². The van der Waals surface area contributed by atoms with Crippen LogP contribution in [0.5, 0.6) is 0 Å². The van der Waals surface area contributed by atoms with E-state index in [1.807, 2.05) is 25.9 Å². The number of amides is 2. The van der Waals surface area contributed by atoms with Crippen molar-refractivity contribution in [2.45, 2.75) is 35.4 Å². The van der Waals surface area contributed by atoms with Gasteiger partial charge in [-0.2, -0.15) is 0 Å². The Balaban J connectivity index is 1.47. The second-order valence-electron chi connectivity index (χ2n) is 10.8. The van der Waals surface area contributed by atoms with E-state index >= 15 is 0 Å². The van der Waals surface area contributed by atoms with E-state index in [9.17, 15) is 17.6 Å². The summed E-state index contributed by atoms with van der Waals surface area (Å²) in [7, 11) is 0.0204. The minimum atomic E-state index is -3.85. The van der Waals surface area contributed by atoms with Crippen LogP contribution in [0.2, 0.25) is 0 Å². The Labute approximate surface area is 239 Å². The molecule has 0 bridgehead atoms. The average molecular weight is 583 g/mol. The van der Waals surface area contributed by atoms with E-state index in [-0.39, 0.29) is 17.0 Å². The first-order valence-corrected chi connectivity index (χ1v) is 15.1. The van der Waals surface area contributed by atoms with Crippen molar-refractivity contribution in [1.82, 2.24) is 20.2 Å². The van der Waals surface area contributed by atoms with Gasteiger partial charge in [-0.15, -0.1) is 0 Å². The van der Waals surface area contributed by atoms with Crippen molar-refractivity contribution in [2.24, 2.45) is 0 Å². The molecule has 2 amide bonds. The van der Waals surface area contributed by atoms with Gasteiger partial charge < -0.3 is 25.2 Å². The zero-order valence-electron chi connectivity index (χ0n) is 23.4. The molecule has 0 radical (unpaired) electrons. The van der Waals surface area contributed by atoms with Crippen molar-refractivity contribution in [3.63, 3.8) is 0 Å². The van der Waals surface area contributed by atoms with Gasteiger partial charge in [-0.05, 0) is 82.4 Å². The van der Waals surface area contributed by atoms with Gasteiger partial charge in [-0.25, -0.2) is 27.6 Å².